The molecule has 1 aromatic carbocycles. The lowest BCUT2D eigenvalue weighted by molar-refractivity contribution is 0.102. The molecule has 33 heavy (non-hydrogen) atoms. The first kappa shape index (κ1) is 22.8. The average Bonchev–Trinajstić information content (AvgIpc) is 2.80. The third kappa shape index (κ3) is 5.53. The fraction of sp³-hybridized carbons (Fsp3) is 0.385. The van der Waals surface area contributed by atoms with E-state index in [1.165, 1.54) is 25.1 Å². The summed E-state index contributed by atoms with van der Waals surface area (Å²) in [6, 6.07) is 9.98. The number of rotatable bonds is 5. The van der Waals surface area contributed by atoms with E-state index in [4.69, 9.17) is 0 Å². The molecular weight excluding hydrogens is 417 g/mol. The van der Waals surface area contributed by atoms with Gasteiger partial charge in [-0.15, -0.1) is 0 Å². The van der Waals surface area contributed by atoms with Gasteiger partial charge in [0.2, 0.25) is 5.95 Å². The summed E-state index contributed by atoms with van der Waals surface area (Å²) in [7, 11) is 0. The van der Waals surface area contributed by atoms with Gasteiger partial charge < -0.3 is 10.6 Å². The Morgan fingerprint density at radius 3 is 2.48 bits per heavy atom. The number of carbonyl (C=O) groups excluding carboxylic acids is 1. The Morgan fingerprint density at radius 1 is 1.00 bits per heavy atom. The maximum Gasteiger partial charge on any atom is 0.274 e. The Kier molecular flexibility index (Phi) is 6.67. The monoisotopic (exact) mass is 447 g/mol. The summed E-state index contributed by atoms with van der Waals surface area (Å²) >= 11 is 0. The molecule has 0 aliphatic heterocycles. The number of halogens is 1. The lowest BCUT2D eigenvalue weighted by Crippen LogP contribution is -2.32. The molecule has 1 aliphatic carbocycles. The Labute approximate surface area is 194 Å². The molecule has 2 N–H and O–H groups in total. The van der Waals surface area contributed by atoms with Crippen LogP contribution in [0.5, 0.6) is 0 Å². The van der Waals surface area contributed by atoms with Gasteiger partial charge in [-0.2, -0.15) is 0 Å². The van der Waals surface area contributed by atoms with Gasteiger partial charge in [0, 0.05) is 29.6 Å². The number of pyridine rings is 1. The summed E-state index contributed by atoms with van der Waals surface area (Å²) in [6.07, 6.45) is 9.10. The van der Waals surface area contributed by atoms with Crippen molar-refractivity contribution in [3.8, 4) is 11.1 Å². The first-order chi connectivity index (χ1) is 15.8. The fourth-order valence-corrected chi connectivity index (χ4v) is 4.44. The summed E-state index contributed by atoms with van der Waals surface area (Å²) in [4.78, 5) is 25.7. The molecule has 0 atom stereocenters. The Morgan fingerprint density at radius 2 is 1.76 bits per heavy atom. The Bertz CT molecular complexity index is 1120. The number of aromatic nitrogens is 3. The number of hydrogen-bond donors (Lipinski definition) is 2. The van der Waals surface area contributed by atoms with E-state index in [2.05, 4.69) is 46.4 Å². The second-order valence-electron chi connectivity index (χ2n) is 9.68. The van der Waals surface area contributed by atoms with Crippen LogP contribution in [0.1, 0.15) is 56.9 Å². The van der Waals surface area contributed by atoms with E-state index in [9.17, 15) is 9.18 Å². The smallest absolute Gasteiger partial charge is 0.274 e. The molecular formula is C26H30FN5O. The standard InChI is InChI=1S/C26H30FN5O/c1-26(2,3)17-8-10-18(11-9-17)30-25-29-15-13-22(32-25)24(33)31-23-16-28-14-12-20(23)19-6-4-5-7-21(19)27/h4-7,12-18H,8-11H2,1-3H3,(H,31,33)(H,29,30,32). The van der Waals surface area contributed by atoms with Gasteiger partial charge in [0.05, 0.1) is 11.9 Å². The first-order valence-corrected chi connectivity index (χ1v) is 11.4. The summed E-state index contributed by atoms with van der Waals surface area (Å²) in [6.45, 7) is 6.91. The van der Waals surface area contributed by atoms with E-state index in [1.54, 1.807) is 42.7 Å². The molecule has 0 unspecified atom stereocenters. The molecule has 1 fully saturated rings. The zero-order valence-electron chi connectivity index (χ0n) is 19.3. The van der Waals surface area contributed by atoms with Crippen LogP contribution in [0.4, 0.5) is 16.0 Å². The summed E-state index contributed by atoms with van der Waals surface area (Å²) in [5, 5.41) is 6.21. The van der Waals surface area contributed by atoms with Crippen LogP contribution in [0, 0.1) is 17.2 Å². The maximum atomic E-state index is 14.3. The molecule has 1 aliphatic rings. The molecule has 172 valence electrons. The SMILES string of the molecule is CC(C)(C)C1CCC(Nc2nccc(C(=O)Nc3cnccc3-c3ccccc3F)n2)CC1. The van der Waals surface area contributed by atoms with Crippen LogP contribution in [0.3, 0.4) is 0 Å². The predicted molar refractivity (Wildman–Crippen MR) is 128 cm³/mol. The van der Waals surface area contributed by atoms with E-state index in [0.29, 0.717) is 34.2 Å². The number of nitrogens with one attached hydrogen (secondary N) is 2. The minimum Gasteiger partial charge on any atom is -0.351 e. The summed E-state index contributed by atoms with van der Waals surface area (Å²) in [5.74, 6) is 0.399. The van der Waals surface area contributed by atoms with E-state index in [1.807, 2.05) is 0 Å². The van der Waals surface area contributed by atoms with Crippen molar-refractivity contribution in [2.24, 2.45) is 11.3 Å². The number of amides is 1. The van der Waals surface area contributed by atoms with Crippen molar-refractivity contribution in [3.05, 3.63) is 66.5 Å². The van der Waals surface area contributed by atoms with E-state index in [0.717, 1.165) is 18.8 Å². The molecule has 6 nitrogen and oxygen atoms in total. The van der Waals surface area contributed by atoms with Gasteiger partial charge in [-0.05, 0) is 55.2 Å². The quantitative estimate of drug-likeness (QED) is 0.505. The molecule has 0 radical (unpaired) electrons. The zero-order valence-corrected chi connectivity index (χ0v) is 19.3. The highest BCUT2D eigenvalue weighted by molar-refractivity contribution is 6.05. The molecule has 1 amide bonds. The van der Waals surface area contributed by atoms with E-state index >= 15 is 0 Å². The molecule has 0 bridgehead atoms. The fourth-order valence-electron chi connectivity index (χ4n) is 4.44. The van der Waals surface area contributed by atoms with Crippen LogP contribution < -0.4 is 10.6 Å². The number of benzene rings is 1. The normalized spacial score (nSPS) is 18.5. The zero-order chi connectivity index (χ0) is 23.4. The highest BCUT2D eigenvalue weighted by atomic mass is 19.1. The Balaban J connectivity index is 1.45. The van der Waals surface area contributed by atoms with Crippen LogP contribution in [0.25, 0.3) is 11.1 Å². The van der Waals surface area contributed by atoms with Gasteiger partial charge in [-0.1, -0.05) is 39.0 Å². The largest absolute Gasteiger partial charge is 0.351 e. The lowest BCUT2D eigenvalue weighted by atomic mass is 9.71. The van der Waals surface area contributed by atoms with Crippen LogP contribution in [0.15, 0.2) is 55.0 Å². The molecule has 0 spiro atoms. The minimum absolute atomic E-state index is 0.235. The van der Waals surface area contributed by atoms with Crippen molar-refractivity contribution in [1.82, 2.24) is 15.0 Å². The second kappa shape index (κ2) is 9.65. The van der Waals surface area contributed by atoms with Crippen LogP contribution >= 0.6 is 0 Å². The average molecular weight is 448 g/mol. The van der Waals surface area contributed by atoms with Gasteiger partial charge in [-0.3, -0.25) is 9.78 Å². The third-order valence-corrected chi connectivity index (χ3v) is 6.41. The van der Waals surface area contributed by atoms with Crippen LogP contribution in [0.2, 0.25) is 0 Å². The topological polar surface area (TPSA) is 79.8 Å². The molecule has 1 saturated carbocycles. The maximum absolute atomic E-state index is 14.3. The van der Waals surface area contributed by atoms with Gasteiger partial charge in [0.25, 0.3) is 5.91 Å². The second-order valence-corrected chi connectivity index (χ2v) is 9.68. The summed E-state index contributed by atoms with van der Waals surface area (Å²) < 4.78 is 14.3. The van der Waals surface area contributed by atoms with E-state index < -0.39 is 5.91 Å². The van der Waals surface area contributed by atoms with Gasteiger partial charge in [-0.25, -0.2) is 14.4 Å². The van der Waals surface area contributed by atoms with Gasteiger partial charge >= 0.3 is 0 Å². The molecule has 7 heteroatoms. The molecule has 3 aromatic rings. The predicted octanol–water partition coefficient (Wildman–Crippen LogP) is 5.95. The minimum atomic E-state index is -0.400. The van der Waals surface area contributed by atoms with Crippen molar-refractivity contribution in [3.63, 3.8) is 0 Å². The molecule has 4 rings (SSSR count). The number of anilines is 2. The number of carbonyl (C=O) groups is 1. The molecule has 2 aromatic heterocycles. The van der Waals surface area contributed by atoms with Crippen molar-refractivity contribution < 1.29 is 9.18 Å². The van der Waals surface area contributed by atoms with Crippen LogP contribution in [-0.2, 0) is 0 Å². The highest BCUT2D eigenvalue weighted by Crippen LogP contribution is 2.38. The van der Waals surface area contributed by atoms with Crippen molar-refractivity contribution in [2.45, 2.75) is 52.5 Å². The number of nitrogens with zero attached hydrogens (tertiary/aromatic N) is 3. The highest BCUT2D eigenvalue weighted by Gasteiger charge is 2.30. The Hall–Kier alpha value is -3.35. The van der Waals surface area contributed by atoms with E-state index in [-0.39, 0.29) is 11.5 Å². The van der Waals surface area contributed by atoms with Gasteiger partial charge in [0.1, 0.15) is 11.5 Å². The summed E-state index contributed by atoms with van der Waals surface area (Å²) in [5.41, 5.74) is 1.93. The van der Waals surface area contributed by atoms with Crippen molar-refractivity contribution in [2.75, 3.05) is 10.6 Å². The van der Waals surface area contributed by atoms with Crippen LogP contribution in [-0.4, -0.2) is 26.9 Å². The number of hydrogen-bond acceptors (Lipinski definition) is 5. The lowest BCUT2D eigenvalue weighted by Gasteiger charge is -2.37. The molecule has 0 saturated heterocycles. The third-order valence-electron chi connectivity index (χ3n) is 6.41. The van der Waals surface area contributed by atoms with Crippen molar-refractivity contribution in [1.29, 1.82) is 0 Å². The first-order valence-electron chi connectivity index (χ1n) is 11.4. The van der Waals surface area contributed by atoms with Gasteiger partial charge in [0.15, 0.2) is 0 Å². The molecule has 2 heterocycles. The van der Waals surface area contributed by atoms with Crippen molar-refractivity contribution >= 4 is 17.5 Å².